The molecule has 4 aromatic rings. The predicted molar refractivity (Wildman–Crippen MR) is 181 cm³/mol. The van der Waals surface area contributed by atoms with Gasteiger partial charge in [0.15, 0.2) is 0 Å². The van der Waals surface area contributed by atoms with Crippen molar-refractivity contribution in [3.63, 3.8) is 0 Å². The van der Waals surface area contributed by atoms with Crippen molar-refractivity contribution in [2.45, 2.75) is 50.6 Å². The molecule has 0 saturated heterocycles. The molecule has 0 aliphatic rings. The molecule has 0 radical (unpaired) electrons. The number of halogens is 2. The summed E-state index contributed by atoms with van der Waals surface area (Å²) < 4.78 is 29.2. The highest BCUT2D eigenvalue weighted by molar-refractivity contribution is 7.92. The molecule has 0 heterocycles. The zero-order valence-corrected chi connectivity index (χ0v) is 27.7. The first kappa shape index (κ1) is 34.0. The second-order valence-electron chi connectivity index (χ2n) is 10.7. The lowest BCUT2D eigenvalue weighted by atomic mass is 10.0. The highest BCUT2D eigenvalue weighted by Gasteiger charge is 2.35. The number of carbonyl (C=O) groups excluding carboxylic acids is 2. The Kier molecular flexibility index (Phi) is 12.0. The van der Waals surface area contributed by atoms with Crippen LogP contribution in [-0.2, 0) is 32.6 Å². The van der Waals surface area contributed by atoms with Gasteiger partial charge in [-0.25, -0.2) is 8.42 Å². The third kappa shape index (κ3) is 8.87. The lowest BCUT2D eigenvalue weighted by Crippen LogP contribution is -2.53. The number of carbonyl (C=O) groups is 2. The minimum atomic E-state index is -4.26. The summed E-state index contributed by atoms with van der Waals surface area (Å²) in [5.41, 5.74) is 2.74. The molecule has 0 aliphatic carbocycles. The molecule has 7 nitrogen and oxygen atoms in total. The largest absolute Gasteiger partial charge is 0.354 e. The highest BCUT2D eigenvalue weighted by atomic mass is 35.5. The van der Waals surface area contributed by atoms with Crippen molar-refractivity contribution in [1.82, 2.24) is 10.2 Å². The second kappa shape index (κ2) is 15.9. The van der Waals surface area contributed by atoms with Gasteiger partial charge in [-0.3, -0.25) is 13.9 Å². The molecule has 4 aromatic carbocycles. The maximum Gasteiger partial charge on any atom is 0.264 e. The summed E-state index contributed by atoms with van der Waals surface area (Å²) in [7, 11) is -4.26. The Morgan fingerprint density at radius 1 is 0.867 bits per heavy atom. The maximum absolute atomic E-state index is 14.5. The lowest BCUT2D eigenvalue weighted by molar-refractivity contribution is -0.140. The van der Waals surface area contributed by atoms with E-state index in [9.17, 15) is 18.0 Å². The number of nitrogens with one attached hydrogen (secondary N) is 1. The molecule has 0 spiro atoms. The van der Waals surface area contributed by atoms with Crippen LogP contribution in [0.3, 0.4) is 0 Å². The summed E-state index contributed by atoms with van der Waals surface area (Å²) in [6.45, 7) is 3.92. The van der Waals surface area contributed by atoms with Crippen molar-refractivity contribution in [2.24, 2.45) is 0 Å². The standard InChI is InChI=1S/C35H37Cl2N3O4S/c1-3-4-21-38-35(42)33(22-27-14-7-5-8-15-27)39(24-28-16-12-11-13-26(28)2)34(41)25-40(32-20-19-29(36)23-31(32)37)45(43,44)30-17-9-6-10-18-30/h5-20,23,33H,3-4,21-22,24-25H2,1-2H3,(H,38,42)/t33-/m1/s1. The quantitative estimate of drug-likeness (QED) is 0.146. The van der Waals surface area contributed by atoms with Gasteiger partial charge in [0.2, 0.25) is 11.8 Å². The van der Waals surface area contributed by atoms with Gasteiger partial charge in [0.25, 0.3) is 10.0 Å². The van der Waals surface area contributed by atoms with Crippen LogP contribution < -0.4 is 9.62 Å². The molecule has 1 atom stereocenters. The summed E-state index contributed by atoms with van der Waals surface area (Å²) in [4.78, 5) is 29.8. The summed E-state index contributed by atoms with van der Waals surface area (Å²) in [6, 6.07) is 28.4. The Bertz CT molecular complexity index is 1700. The van der Waals surface area contributed by atoms with Gasteiger partial charge in [0.1, 0.15) is 12.6 Å². The van der Waals surface area contributed by atoms with Gasteiger partial charge >= 0.3 is 0 Å². The zero-order valence-electron chi connectivity index (χ0n) is 25.3. The third-order valence-electron chi connectivity index (χ3n) is 7.49. The van der Waals surface area contributed by atoms with Crippen LogP contribution in [0.1, 0.15) is 36.5 Å². The number of benzene rings is 4. The molecule has 4 rings (SSSR count). The van der Waals surface area contributed by atoms with Crippen LogP contribution in [0.15, 0.2) is 108 Å². The fraction of sp³-hybridized carbons (Fsp3) is 0.257. The minimum Gasteiger partial charge on any atom is -0.354 e. The predicted octanol–water partition coefficient (Wildman–Crippen LogP) is 7.05. The van der Waals surface area contributed by atoms with Crippen molar-refractivity contribution >= 4 is 50.7 Å². The molecule has 0 saturated carbocycles. The number of amides is 2. The molecule has 0 aromatic heterocycles. The van der Waals surface area contributed by atoms with Crippen molar-refractivity contribution in [1.29, 1.82) is 0 Å². The Morgan fingerprint density at radius 2 is 1.51 bits per heavy atom. The summed E-state index contributed by atoms with van der Waals surface area (Å²) >= 11 is 12.7. The molecular weight excluding hydrogens is 629 g/mol. The lowest BCUT2D eigenvalue weighted by Gasteiger charge is -2.34. The van der Waals surface area contributed by atoms with Gasteiger partial charge in [-0.15, -0.1) is 0 Å². The number of nitrogens with zero attached hydrogens (tertiary/aromatic N) is 2. The molecule has 45 heavy (non-hydrogen) atoms. The smallest absolute Gasteiger partial charge is 0.264 e. The van der Waals surface area contributed by atoms with Crippen LogP contribution in [0.25, 0.3) is 0 Å². The van der Waals surface area contributed by atoms with Crippen molar-refractivity contribution < 1.29 is 18.0 Å². The topological polar surface area (TPSA) is 86.8 Å². The number of unbranched alkanes of at least 4 members (excludes halogenated alkanes) is 1. The second-order valence-corrected chi connectivity index (χ2v) is 13.4. The molecule has 236 valence electrons. The number of hydrogen-bond acceptors (Lipinski definition) is 4. The SMILES string of the molecule is CCCCNC(=O)[C@@H](Cc1ccccc1)N(Cc1ccccc1C)C(=O)CN(c1ccc(Cl)cc1Cl)S(=O)(=O)c1ccccc1. The summed E-state index contributed by atoms with van der Waals surface area (Å²) in [5.74, 6) is -0.869. The Hall–Kier alpha value is -3.85. The number of anilines is 1. The van der Waals surface area contributed by atoms with E-state index in [2.05, 4.69) is 5.32 Å². The van der Waals surface area contributed by atoms with E-state index in [4.69, 9.17) is 23.2 Å². The number of aryl methyl sites for hydroxylation is 1. The van der Waals surface area contributed by atoms with Crippen LogP contribution in [0.4, 0.5) is 5.69 Å². The van der Waals surface area contributed by atoms with Crippen molar-refractivity contribution in [2.75, 3.05) is 17.4 Å². The first-order valence-electron chi connectivity index (χ1n) is 14.8. The van der Waals surface area contributed by atoms with Gasteiger partial charge in [0.05, 0.1) is 15.6 Å². The van der Waals surface area contributed by atoms with Gasteiger partial charge in [0, 0.05) is 24.5 Å². The van der Waals surface area contributed by atoms with Crippen LogP contribution in [0.2, 0.25) is 10.0 Å². The Labute approximate surface area is 275 Å². The molecule has 0 unspecified atom stereocenters. The average Bonchev–Trinajstić information content (AvgIpc) is 3.03. The first-order chi connectivity index (χ1) is 21.6. The molecular formula is C35H37Cl2N3O4S. The van der Waals surface area contributed by atoms with Gasteiger partial charge in [-0.05, 0) is 60.4 Å². The Morgan fingerprint density at radius 3 is 2.16 bits per heavy atom. The monoisotopic (exact) mass is 665 g/mol. The normalized spacial score (nSPS) is 11.9. The molecule has 10 heteroatoms. The number of rotatable bonds is 14. The first-order valence-corrected chi connectivity index (χ1v) is 17.0. The van der Waals surface area contributed by atoms with Crippen LogP contribution in [0, 0.1) is 6.92 Å². The van der Waals surface area contributed by atoms with Crippen molar-refractivity contribution in [3.8, 4) is 0 Å². The van der Waals surface area contributed by atoms with E-state index < -0.39 is 28.5 Å². The van der Waals surface area contributed by atoms with Crippen LogP contribution >= 0.6 is 23.2 Å². The van der Waals surface area contributed by atoms with Crippen LogP contribution in [-0.4, -0.2) is 44.3 Å². The van der Waals surface area contributed by atoms with E-state index in [0.717, 1.165) is 33.8 Å². The summed E-state index contributed by atoms with van der Waals surface area (Å²) in [6.07, 6.45) is 1.92. The molecule has 2 amide bonds. The Balaban J connectivity index is 1.81. The van der Waals surface area contributed by atoms with E-state index in [1.54, 1.807) is 18.2 Å². The van der Waals surface area contributed by atoms with E-state index in [0.29, 0.717) is 11.6 Å². The average molecular weight is 667 g/mol. The highest BCUT2D eigenvalue weighted by Crippen LogP contribution is 2.33. The number of sulfonamides is 1. The minimum absolute atomic E-state index is 0.00702. The van der Waals surface area contributed by atoms with Gasteiger partial charge in [-0.2, -0.15) is 0 Å². The van der Waals surface area contributed by atoms with Crippen LogP contribution in [0.5, 0.6) is 0 Å². The van der Waals surface area contributed by atoms with E-state index in [-0.39, 0.29) is 34.5 Å². The zero-order chi connectivity index (χ0) is 32.4. The number of hydrogen-bond donors (Lipinski definition) is 1. The fourth-order valence-corrected chi connectivity index (χ4v) is 6.96. The van der Waals surface area contributed by atoms with E-state index >= 15 is 0 Å². The molecule has 0 bridgehead atoms. The molecule has 0 aliphatic heterocycles. The third-order valence-corrected chi connectivity index (χ3v) is 9.80. The van der Waals surface area contributed by atoms with E-state index in [1.165, 1.54) is 35.2 Å². The molecule has 0 fully saturated rings. The fourth-order valence-electron chi connectivity index (χ4n) is 4.95. The maximum atomic E-state index is 14.5. The van der Waals surface area contributed by atoms with Gasteiger partial charge < -0.3 is 10.2 Å². The summed E-state index contributed by atoms with van der Waals surface area (Å²) in [5, 5.41) is 3.38. The van der Waals surface area contributed by atoms with Gasteiger partial charge in [-0.1, -0.05) is 109 Å². The molecule has 1 N–H and O–H groups in total. The van der Waals surface area contributed by atoms with Crippen molar-refractivity contribution in [3.05, 3.63) is 130 Å². The van der Waals surface area contributed by atoms with E-state index in [1.807, 2.05) is 68.4 Å².